The van der Waals surface area contributed by atoms with Gasteiger partial charge >= 0.3 is 0 Å². The number of benzene rings is 2. The molecule has 0 radical (unpaired) electrons. The summed E-state index contributed by atoms with van der Waals surface area (Å²) < 4.78 is 6.17. The molecule has 4 aromatic rings. The van der Waals surface area contributed by atoms with Crippen LogP contribution in [-0.4, -0.2) is 39.6 Å². The lowest BCUT2D eigenvalue weighted by atomic mass is 10.00. The van der Waals surface area contributed by atoms with E-state index >= 15 is 0 Å². The Morgan fingerprint density at radius 1 is 0.800 bits per heavy atom. The molecule has 0 bridgehead atoms. The van der Waals surface area contributed by atoms with Crippen LogP contribution in [-0.2, 0) is 6.42 Å². The zero-order valence-corrected chi connectivity index (χ0v) is 19.7. The molecule has 0 amide bonds. The standard InChI is InChI=1S/C28H30N6O/c1-3-22(29-12-1)27-31-16-24(33-27)18-7-5-17(6-8-18)19-9-10-20-25(15-19)35-14-11-21-26(20)34-28(32-21)23-4-2-13-30-23/h5-10,15-16,22-23,29-30H,1-4,11-14H2,(H,31,33)(H,32,34)/t22-,23-/m0/s1. The summed E-state index contributed by atoms with van der Waals surface area (Å²) in [5.41, 5.74) is 7.80. The van der Waals surface area contributed by atoms with Gasteiger partial charge in [-0.2, -0.15) is 0 Å². The van der Waals surface area contributed by atoms with Gasteiger partial charge in [0.15, 0.2) is 0 Å². The third-order valence-corrected chi connectivity index (χ3v) is 7.55. The van der Waals surface area contributed by atoms with E-state index in [1.165, 1.54) is 24.1 Å². The summed E-state index contributed by atoms with van der Waals surface area (Å²) in [6, 6.07) is 15.8. The number of hydrogen-bond acceptors (Lipinski definition) is 5. The van der Waals surface area contributed by atoms with E-state index in [0.29, 0.717) is 18.7 Å². The summed E-state index contributed by atoms with van der Waals surface area (Å²) in [6.07, 6.45) is 7.48. The number of nitrogens with zero attached hydrogens (tertiary/aromatic N) is 2. The minimum atomic E-state index is 0.337. The van der Waals surface area contributed by atoms with Crippen molar-refractivity contribution in [1.82, 2.24) is 30.6 Å². The molecule has 4 N–H and O–H groups in total. The summed E-state index contributed by atoms with van der Waals surface area (Å²) in [5, 5.41) is 7.05. The molecular formula is C28H30N6O. The van der Waals surface area contributed by atoms with E-state index in [4.69, 9.17) is 9.72 Å². The second kappa shape index (κ2) is 8.66. The van der Waals surface area contributed by atoms with Crippen molar-refractivity contribution in [3.05, 3.63) is 66.0 Å². The number of aromatic amines is 2. The minimum absolute atomic E-state index is 0.337. The average Bonchev–Trinajstić information content (AvgIpc) is 3.70. The summed E-state index contributed by atoms with van der Waals surface area (Å²) in [4.78, 5) is 16.7. The molecule has 7 nitrogen and oxygen atoms in total. The largest absolute Gasteiger partial charge is 0.492 e. The summed E-state index contributed by atoms with van der Waals surface area (Å²) in [7, 11) is 0. The highest BCUT2D eigenvalue weighted by molar-refractivity contribution is 5.77. The SMILES string of the molecule is c1cc(-c2cnc([C@@H]3CCCN3)[nH]2)ccc1-c1ccc2c(c1)OCCc1[nH]c([C@@H]3CCCN3)nc1-2. The third kappa shape index (κ3) is 3.85. The van der Waals surface area contributed by atoms with E-state index in [1.54, 1.807) is 0 Å². The van der Waals surface area contributed by atoms with Crippen LogP contribution in [0.2, 0.25) is 0 Å². The normalized spacial score (nSPS) is 21.4. The summed E-state index contributed by atoms with van der Waals surface area (Å²) >= 11 is 0. The molecule has 2 aromatic heterocycles. The highest BCUT2D eigenvalue weighted by Crippen LogP contribution is 2.38. The van der Waals surface area contributed by atoms with Crippen LogP contribution in [0.15, 0.2) is 48.7 Å². The Hall–Kier alpha value is -3.42. The molecule has 2 saturated heterocycles. The molecule has 2 atom stereocenters. The maximum absolute atomic E-state index is 6.17. The van der Waals surface area contributed by atoms with E-state index in [-0.39, 0.29) is 0 Å². The van der Waals surface area contributed by atoms with Crippen molar-refractivity contribution in [1.29, 1.82) is 0 Å². The average molecular weight is 467 g/mol. The second-order valence-electron chi connectivity index (χ2n) is 9.82. The van der Waals surface area contributed by atoms with Crippen LogP contribution in [0.25, 0.3) is 33.6 Å². The lowest BCUT2D eigenvalue weighted by Gasteiger charge is -2.11. The molecule has 2 fully saturated rings. The molecule has 7 heteroatoms. The molecular weight excluding hydrogens is 436 g/mol. The van der Waals surface area contributed by atoms with Gasteiger partial charge in [0.25, 0.3) is 0 Å². The minimum Gasteiger partial charge on any atom is -0.492 e. The van der Waals surface area contributed by atoms with Crippen molar-refractivity contribution in [2.24, 2.45) is 0 Å². The molecule has 3 aliphatic rings. The van der Waals surface area contributed by atoms with Gasteiger partial charge in [-0.1, -0.05) is 30.3 Å². The Balaban J connectivity index is 1.15. The molecule has 0 saturated carbocycles. The molecule has 35 heavy (non-hydrogen) atoms. The van der Waals surface area contributed by atoms with Crippen LogP contribution in [0.3, 0.4) is 0 Å². The molecule has 178 valence electrons. The summed E-state index contributed by atoms with van der Waals surface area (Å²) in [5.74, 6) is 3.00. The van der Waals surface area contributed by atoms with Gasteiger partial charge in [0.05, 0.1) is 36.3 Å². The van der Waals surface area contributed by atoms with Gasteiger partial charge in [0, 0.05) is 17.7 Å². The van der Waals surface area contributed by atoms with Gasteiger partial charge in [0.2, 0.25) is 0 Å². The first-order valence-corrected chi connectivity index (χ1v) is 12.8. The topological polar surface area (TPSA) is 90.6 Å². The zero-order chi connectivity index (χ0) is 23.2. The first-order chi connectivity index (χ1) is 17.3. The third-order valence-electron chi connectivity index (χ3n) is 7.55. The molecule has 7 rings (SSSR count). The Morgan fingerprint density at radius 3 is 2.31 bits per heavy atom. The van der Waals surface area contributed by atoms with Crippen LogP contribution in [0.5, 0.6) is 5.75 Å². The van der Waals surface area contributed by atoms with E-state index in [9.17, 15) is 0 Å². The smallest absolute Gasteiger partial charge is 0.129 e. The zero-order valence-electron chi connectivity index (χ0n) is 19.7. The molecule has 3 aliphatic heterocycles. The molecule has 0 spiro atoms. The lowest BCUT2D eigenvalue weighted by Crippen LogP contribution is -2.14. The van der Waals surface area contributed by atoms with Gasteiger partial charge in [-0.15, -0.1) is 0 Å². The first-order valence-electron chi connectivity index (χ1n) is 12.8. The molecule has 0 unspecified atom stereocenters. The van der Waals surface area contributed by atoms with E-state index in [0.717, 1.165) is 77.8 Å². The van der Waals surface area contributed by atoms with Crippen molar-refractivity contribution in [3.8, 4) is 39.4 Å². The number of H-pyrrole nitrogens is 2. The number of imidazole rings is 2. The van der Waals surface area contributed by atoms with E-state index in [2.05, 4.69) is 68.1 Å². The predicted molar refractivity (Wildman–Crippen MR) is 136 cm³/mol. The Kier molecular flexibility index (Phi) is 5.17. The first kappa shape index (κ1) is 20.9. The number of fused-ring (bicyclic) bond motifs is 3. The van der Waals surface area contributed by atoms with Crippen LogP contribution in [0.4, 0.5) is 0 Å². The van der Waals surface area contributed by atoms with Gasteiger partial charge < -0.3 is 25.3 Å². The van der Waals surface area contributed by atoms with Gasteiger partial charge in [0.1, 0.15) is 17.4 Å². The van der Waals surface area contributed by atoms with Crippen LogP contribution in [0.1, 0.15) is 55.1 Å². The fraction of sp³-hybridized carbons (Fsp3) is 0.357. The number of nitrogens with one attached hydrogen (secondary N) is 4. The van der Waals surface area contributed by atoms with Crippen molar-refractivity contribution < 1.29 is 4.74 Å². The Bertz CT molecular complexity index is 1340. The van der Waals surface area contributed by atoms with Crippen LogP contribution >= 0.6 is 0 Å². The fourth-order valence-electron chi connectivity index (χ4n) is 5.62. The number of rotatable bonds is 4. The Labute approximate surface area is 204 Å². The quantitative estimate of drug-likeness (QED) is 0.343. The highest BCUT2D eigenvalue weighted by atomic mass is 16.5. The van der Waals surface area contributed by atoms with Crippen LogP contribution in [0, 0.1) is 0 Å². The van der Waals surface area contributed by atoms with E-state index in [1.807, 2.05) is 6.20 Å². The number of hydrogen-bond donors (Lipinski definition) is 4. The van der Waals surface area contributed by atoms with Crippen LogP contribution < -0.4 is 15.4 Å². The monoisotopic (exact) mass is 466 g/mol. The van der Waals surface area contributed by atoms with Gasteiger partial charge in [-0.3, -0.25) is 0 Å². The number of aromatic nitrogens is 4. The molecule has 5 heterocycles. The number of ether oxygens (including phenoxy) is 1. The van der Waals surface area contributed by atoms with E-state index < -0.39 is 0 Å². The maximum atomic E-state index is 6.17. The maximum Gasteiger partial charge on any atom is 0.129 e. The summed E-state index contributed by atoms with van der Waals surface area (Å²) in [6.45, 7) is 2.79. The van der Waals surface area contributed by atoms with Crippen molar-refractivity contribution >= 4 is 0 Å². The van der Waals surface area contributed by atoms with Crippen molar-refractivity contribution in [3.63, 3.8) is 0 Å². The molecule has 0 aliphatic carbocycles. The lowest BCUT2D eigenvalue weighted by molar-refractivity contribution is 0.325. The highest BCUT2D eigenvalue weighted by Gasteiger charge is 2.25. The Morgan fingerprint density at radius 2 is 1.54 bits per heavy atom. The predicted octanol–water partition coefficient (Wildman–Crippen LogP) is 4.92. The van der Waals surface area contributed by atoms with Gasteiger partial charge in [-0.05, 0) is 67.6 Å². The molecule has 2 aromatic carbocycles. The van der Waals surface area contributed by atoms with Crippen molar-refractivity contribution in [2.75, 3.05) is 19.7 Å². The van der Waals surface area contributed by atoms with Gasteiger partial charge in [-0.25, -0.2) is 9.97 Å². The fourth-order valence-corrected chi connectivity index (χ4v) is 5.62. The van der Waals surface area contributed by atoms with Crippen molar-refractivity contribution in [2.45, 2.75) is 44.2 Å². The second-order valence-corrected chi connectivity index (χ2v) is 9.82.